The highest BCUT2D eigenvalue weighted by Gasteiger charge is 2.29. The lowest BCUT2D eigenvalue weighted by Crippen LogP contribution is -2.47. The molecule has 1 N–H and O–H groups in total. The molecule has 1 atom stereocenters. The van der Waals surface area contributed by atoms with Crippen LogP contribution >= 0.6 is 0 Å². The molecule has 1 amide bonds. The number of nitrogens with one attached hydrogen (secondary N) is 1. The Morgan fingerprint density at radius 2 is 1.84 bits per heavy atom. The minimum Gasteiger partial charge on any atom is -0.408 e. The van der Waals surface area contributed by atoms with Crippen molar-refractivity contribution in [3.8, 4) is 0 Å². The summed E-state index contributed by atoms with van der Waals surface area (Å²) in [5.74, 6) is -0.794. The summed E-state index contributed by atoms with van der Waals surface area (Å²) in [4.78, 5) is 26.2. The number of aromatic nitrogens is 1. The van der Waals surface area contributed by atoms with E-state index in [0.29, 0.717) is 18.5 Å². The SMILES string of the molecule is CC(C)C[C@@H](NS(=O)(=O)c1ccc2c(c1)oc(=O)n2C)C(=O)N(C)Cc1ccccc1. The first-order valence-electron chi connectivity index (χ1n) is 9.99. The van der Waals surface area contributed by atoms with Gasteiger partial charge >= 0.3 is 5.76 Å². The van der Waals surface area contributed by atoms with Crippen molar-refractivity contribution < 1.29 is 17.6 Å². The first kappa shape index (κ1) is 22.8. The molecule has 1 aromatic heterocycles. The molecule has 166 valence electrons. The Kier molecular flexibility index (Phi) is 6.66. The van der Waals surface area contributed by atoms with Crippen LogP contribution in [-0.2, 0) is 28.4 Å². The molecule has 0 saturated heterocycles. The van der Waals surface area contributed by atoms with Crippen molar-refractivity contribution in [3.63, 3.8) is 0 Å². The lowest BCUT2D eigenvalue weighted by molar-refractivity contribution is -0.132. The van der Waals surface area contributed by atoms with Crippen LogP contribution in [-0.4, -0.2) is 36.9 Å². The Balaban J connectivity index is 1.85. The van der Waals surface area contributed by atoms with E-state index in [0.717, 1.165) is 5.56 Å². The highest BCUT2D eigenvalue weighted by molar-refractivity contribution is 7.89. The zero-order valence-electron chi connectivity index (χ0n) is 18.0. The number of rotatable bonds is 8. The van der Waals surface area contributed by atoms with Gasteiger partial charge in [-0.25, -0.2) is 13.2 Å². The van der Waals surface area contributed by atoms with Gasteiger partial charge in [0.25, 0.3) is 0 Å². The van der Waals surface area contributed by atoms with E-state index in [1.54, 1.807) is 14.1 Å². The maximum absolute atomic E-state index is 13.1. The van der Waals surface area contributed by atoms with E-state index in [2.05, 4.69) is 4.72 Å². The van der Waals surface area contributed by atoms with Crippen molar-refractivity contribution in [2.75, 3.05) is 7.05 Å². The van der Waals surface area contributed by atoms with Gasteiger partial charge in [-0.1, -0.05) is 44.2 Å². The standard InChI is InChI=1S/C22H27N3O5S/c1-15(2)12-18(21(26)24(3)14-16-8-6-5-7-9-16)23-31(28,29)17-10-11-19-20(13-17)30-22(27)25(19)4/h5-11,13,15,18,23H,12,14H2,1-4H3/t18-/m1/s1. The fourth-order valence-electron chi connectivity index (χ4n) is 3.41. The molecule has 9 heteroatoms. The molecule has 1 heterocycles. The second kappa shape index (κ2) is 9.07. The Morgan fingerprint density at radius 3 is 2.48 bits per heavy atom. The summed E-state index contributed by atoms with van der Waals surface area (Å²) in [7, 11) is -0.824. The third-order valence-electron chi connectivity index (χ3n) is 5.02. The Bertz CT molecular complexity index is 1230. The number of amides is 1. The first-order valence-corrected chi connectivity index (χ1v) is 11.5. The quantitative estimate of drug-likeness (QED) is 0.574. The van der Waals surface area contributed by atoms with E-state index in [-0.39, 0.29) is 22.3 Å². The smallest absolute Gasteiger partial charge is 0.408 e. The number of oxazole rings is 1. The van der Waals surface area contributed by atoms with E-state index in [9.17, 15) is 18.0 Å². The van der Waals surface area contributed by atoms with E-state index in [1.165, 1.54) is 27.7 Å². The molecule has 0 fully saturated rings. The van der Waals surface area contributed by atoms with E-state index >= 15 is 0 Å². The number of likely N-dealkylation sites (N-methyl/N-ethyl adjacent to an activating group) is 1. The van der Waals surface area contributed by atoms with Crippen molar-refractivity contribution in [2.24, 2.45) is 13.0 Å². The molecule has 2 aromatic carbocycles. The van der Waals surface area contributed by atoms with Crippen molar-refractivity contribution >= 4 is 27.0 Å². The second-order valence-electron chi connectivity index (χ2n) is 8.04. The average molecular weight is 446 g/mol. The van der Waals surface area contributed by atoms with Crippen molar-refractivity contribution in [1.29, 1.82) is 0 Å². The molecular weight excluding hydrogens is 418 g/mol. The molecule has 0 aliphatic carbocycles. The largest absolute Gasteiger partial charge is 0.419 e. The molecule has 0 unspecified atom stereocenters. The molecule has 0 radical (unpaired) electrons. The zero-order chi connectivity index (χ0) is 22.8. The molecule has 0 bridgehead atoms. The van der Waals surface area contributed by atoms with Crippen LogP contribution in [0.15, 0.2) is 62.6 Å². The summed E-state index contributed by atoms with van der Waals surface area (Å²) in [6.07, 6.45) is 0.347. The minimum absolute atomic E-state index is 0.0679. The lowest BCUT2D eigenvalue weighted by Gasteiger charge is -2.26. The summed E-state index contributed by atoms with van der Waals surface area (Å²) in [6.45, 7) is 4.23. The van der Waals surface area contributed by atoms with Gasteiger partial charge in [0.05, 0.1) is 10.4 Å². The molecule has 0 spiro atoms. The molecule has 8 nitrogen and oxygen atoms in total. The molecule has 0 aliphatic heterocycles. The second-order valence-corrected chi connectivity index (χ2v) is 9.75. The number of hydrogen-bond donors (Lipinski definition) is 1. The Morgan fingerprint density at radius 1 is 1.16 bits per heavy atom. The number of nitrogens with zero attached hydrogens (tertiary/aromatic N) is 2. The van der Waals surface area contributed by atoms with Gasteiger partial charge in [-0.2, -0.15) is 4.72 Å². The maximum Gasteiger partial charge on any atom is 0.419 e. The molecule has 3 aromatic rings. The molecule has 0 saturated carbocycles. The molecule has 0 aliphatic rings. The van der Waals surface area contributed by atoms with E-state index in [4.69, 9.17) is 4.42 Å². The molecule has 31 heavy (non-hydrogen) atoms. The van der Waals surface area contributed by atoms with Gasteiger partial charge in [0.15, 0.2) is 5.58 Å². The van der Waals surface area contributed by atoms with Gasteiger partial charge in [0.1, 0.15) is 6.04 Å². The van der Waals surface area contributed by atoms with Crippen molar-refractivity contribution in [1.82, 2.24) is 14.2 Å². The average Bonchev–Trinajstić information content (AvgIpc) is 3.00. The highest BCUT2D eigenvalue weighted by Crippen LogP contribution is 2.19. The number of aryl methyl sites for hydroxylation is 1. The van der Waals surface area contributed by atoms with Crippen LogP contribution in [0.4, 0.5) is 0 Å². The van der Waals surface area contributed by atoms with Gasteiger partial charge in [-0.15, -0.1) is 0 Å². The summed E-state index contributed by atoms with van der Waals surface area (Å²) in [5.41, 5.74) is 1.61. The van der Waals surface area contributed by atoms with Crippen LogP contribution in [0, 0.1) is 5.92 Å². The van der Waals surface area contributed by atoms with Crippen LogP contribution < -0.4 is 10.5 Å². The number of sulfonamides is 1. The monoisotopic (exact) mass is 445 g/mol. The van der Waals surface area contributed by atoms with E-state index in [1.807, 2.05) is 44.2 Å². The summed E-state index contributed by atoms with van der Waals surface area (Å²) >= 11 is 0. The Hall–Kier alpha value is -2.91. The summed E-state index contributed by atoms with van der Waals surface area (Å²) in [5, 5.41) is 0. The fraction of sp³-hybridized carbons (Fsp3) is 0.364. The van der Waals surface area contributed by atoms with Crippen LogP contribution in [0.1, 0.15) is 25.8 Å². The zero-order valence-corrected chi connectivity index (χ0v) is 18.8. The first-order chi connectivity index (χ1) is 14.6. The number of benzene rings is 2. The third-order valence-corrected chi connectivity index (χ3v) is 6.48. The van der Waals surface area contributed by atoms with Crippen LogP contribution in [0.2, 0.25) is 0 Å². The highest BCUT2D eigenvalue weighted by atomic mass is 32.2. The van der Waals surface area contributed by atoms with Crippen LogP contribution in [0.25, 0.3) is 11.1 Å². The van der Waals surface area contributed by atoms with Crippen molar-refractivity contribution in [3.05, 3.63) is 64.6 Å². The van der Waals surface area contributed by atoms with Crippen molar-refractivity contribution in [2.45, 2.75) is 37.8 Å². The summed E-state index contributed by atoms with van der Waals surface area (Å²) in [6, 6.07) is 12.8. The van der Waals surface area contributed by atoms with Crippen LogP contribution in [0.5, 0.6) is 0 Å². The normalized spacial score (nSPS) is 12.9. The van der Waals surface area contributed by atoms with Gasteiger partial charge < -0.3 is 9.32 Å². The lowest BCUT2D eigenvalue weighted by atomic mass is 10.0. The van der Waals surface area contributed by atoms with E-state index < -0.39 is 21.8 Å². The molecular formula is C22H27N3O5S. The van der Waals surface area contributed by atoms with Gasteiger partial charge in [-0.05, 0) is 30.0 Å². The predicted octanol–water partition coefficient (Wildman–Crippen LogP) is 2.48. The minimum atomic E-state index is -4.02. The van der Waals surface area contributed by atoms with Gasteiger partial charge in [0, 0.05) is 26.7 Å². The number of fused-ring (bicyclic) bond motifs is 1. The van der Waals surface area contributed by atoms with Gasteiger partial charge in [-0.3, -0.25) is 9.36 Å². The predicted molar refractivity (Wildman–Crippen MR) is 118 cm³/mol. The topological polar surface area (TPSA) is 102 Å². The van der Waals surface area contributed by atoms with Gasteiger partial charge in [0.2, 0.25) is 15.9 Å². The molecule has 3 rings (SSSR count). The van der Waals surface area contributed by atoms with Crippen LogP contribution in [0.3, 0.4) is 0 Å². The number of carbonyl (C=O) groups excluding carboxylic acids is 1. The Labute approximate surface area is 181 Å². The third kappa shape index (κ3) is 5.23. The maximum atomic E-state index is 13.1. The summed E-state index contributed by atoms with van der Waals surface area (Å²) < 4.78 is 35.0. The number of carbonyl (C=O) groups is 1. The number of hydrogen-bond acceptors (Lipinski definition) is 5. The fourth-order valence-corrected chi connectivity index (χ4v) is 4.63.